The Hall–Kier alpha value is -0.870. The molecule has 0 bridgehead atoms. The van der Waals surface area contributed by atoms with E-state index in [2.05, 4.69) is 24.3 Å². The predicted molar refractivity (Wildman–Crippen MR) is 72.5 cm³/mol. The van der Waals surface area contributed by atoms with E-state index in [4.69, 9.17) is 0 Å². The minimum Gasteiger partial charge on any atom is -0.392 e. The third-order valence-corrected chi connectivity index (χ3v) is 4.05. The van der Waals surface area contributed by atoms with Gasteiger partial charge in [-0.25, -0.2) is 0 Å². The van der Waals surface area contributed by atoms with Crippen LogP contribution in [0.2, 0.25) is 0 Å². The van der Waals surface area contributed by atoms with Crippen molar-refractivity contribution in [2.75, 3.05) is 13.1 Å². The van der Waals surface area contributed by atoms with Crippen LogP contribution in [-0.4, -0.2) is 34.1 Å². The Kier molecular flexibility index (Phi) is 4.78. The molecule has 1 fully saturated rings. The monoisotopic (exact) mass is 251 g/mol. The van der Waals surface area contributed by atoms with Crippen LogP contribution in [0.15, 0.2) is 12.3 Å². The largest absolute Gasteiger partial charge is 0.392 e. The van der Waals surface area contributed by atoms with Gasteiger partial charge in [-0.1, -0.05) is 6.92 Å². The highest BCUT2D eigenvalue weighted by molar-refractivity contribution is 5.02. The maximum absolute atomic E-state index is 10.3. The molecule has 0 aliphatic carbocycles. The fraction of sp³-hybridized carbons (Fsp3) is 0.786. The standard InChI is InChI=1S/C14H25N3O/c1-3-11(2)17-9-6-13(16-17)10-14(18)12-4-7-15-8-5-12/h6,9,11-12,14-15,18H,3-5,7-8,10H2,1-2H3. The van der Waals surface area contributed by atoms with Crippen molar-refractivity contribution in [3.63, 3.8) is 0 Å². The lowest BCUT2D eigenvalue weighted by atomic mass is 9.90. The van der Waals surface area contributed by atoms with E-state index in [-0.39, 0.29) is 6.10 Å². The lowest BCUT2D eigenvalue weighted by molar-refractivity contribution is 0.0880. The molecule has 18 heavy (non-hydrogen) atoms. The lowest BCUT2D eigenvalue weighted by Gasteiger charge is -2.26. The summed E-state index contributed by atoms with van der Waals surface area (Å²) in [5, 5.41) is 18.1. The van der Waals surface area contributed by atoms with Crippen molar-refractivity contribution in [2.24, 2.45) is 5.92 Å². The third-order valence-electron chi connectivity index (χ3n) is 4.05. The summed E-state index contributed by atoms with van der Waals surface area (Å²) in [6, 6.07) is 2.48. The number of hydrogen-bond donors (Lipinski definition) is 2. The summed E-state index contributed by atoms with van der Waals surface area (Å²) < 4.78 is 2.00. The Morgan fingerprint density at radius 2 is 2.22 bits per heavy atom. The van der Waals surface area contributed by atoms with Gasteiger partial charge in [-0.3, -0.25) is 4.68 Å². The first-order valence-electron chi connectivity index (χ1n) is 7.13. The second kappa shape index (κ2) is 6.34. The summed E-state index contributed by atoms with van der Waals surface area (Å²) in [5.41, 5.74) is 1.02. The molecule has 4 nitrogen and oxygen atoms in total. The lowest BCUT2D eigenvalue weighted by Crippen LogP contribution is -2.35. The summed E-state index contributed by atoms with van der Waals surface area (Å²) in [6.45, 7) is 6.39. The molecule has 4 heteroatoms. The van der Waals surface area contributed by atoms with E-state index < -0.39 is 0 Å². The summed E-state index contributed by atoms with van der Waals surface area (Å²) >= 11 is 0. The van der Waals surface area contributed by atoms with Crippen LogP contribution >= 0.6 is 0 Å². The summed E-state index contributed by atoms with van der Waals surface area (Å²) in [7, 11) is 0. The summed E-state index contributed by atoms with van der Waals surface area (Å²) in [5.74, 6) is 0.431. The van der Waals surface area contributed by atoms with Crippen molar-refractivity contribution < 1.29 is 5.11 Å². The summed E-state index contributed by atoms with van der Waals surface area (Å²) in [4.78, 5) is 0. The molecule has 0 amide bonds. The van der Waals surface area contributed by atoms with Crippen LogP contribution in [-0.2, 0) is 6.42 Å². The number of nitrogens with zero attached hydrogens (tertiary/aromatic N) is 2. The molecule has 1 aromatic rings. The Labute approximate surface area is 109 Å². The number of aliphatic hydroxyl groups is 1. The smallest absolute Gasteiger partial charge is 0.0650 e. The van der Waals surface area contributed by atoms with Crippen molar-refractivity contribution in [3.05, 3.63) is 18.0 Å². The van der Waals surface area contributed by atoms with E-state index in [0.717, 1.165) is 38.0 Å². The number of aliphatic hydroxyl groups excluding tert-OH is 1. The van der Waals surface area contributed by atoms with Gasteiger partial charge in [0, 0.05) is 18.7 Å². The van der Waals surface area contributed by atoms with Crippen molar-refractivity contribution in [3.8, 4) is 0 Å². The van der Waals surface area contributed by atoms with Gasteiger partial charge in [0.25, 0.3) is 0 Å². The Morgan fingerprint density at radius 1 is 1.50 bits per heavy atom. The highest BCUT2D eigenvalue weighted by Gasteiger charge is 2.22. The second-order valence-electron chi connectivity index (χ2n) is 5.40. The van der Waals surface area contributed by atoms with Gasteiger partial charge < -0.3 is 10.4 Å². The fourth-order valence-electron chi connectivity index (χ4n) is 2.53. The van der Waals surface area contributed by atoms with Gasteiger partial charge in [0.2, 0.25) is 0 Å². The maximum Gasteiger partial charge on any atom is 0.0650 e. The van der Waals surface area contributed by atoms with Gasteiger partial charge in [-0.2, -0.15) is 5.10 Å². The first-order chi connectivity index (χ1) is 8.70. The molecule has 1 aromatic heterocycles. The van der Waals surface area contributed by atoms with Crippen molar-refractivity contribution in [2.45, 2.75) is 51.7 Å². The zero-order chi connectivity index (χ0) is 13.0. The Bertz CT molecular complexity index is 358. The molecular weight excluding hydrogens is 226 g/mol. The molecule has 0 radical (unpaired) electrons. The van der Waals surface area contributed by atoms with Crippen LogP contribution in [0.4, 0.5) is 0 Å². The molecule has 0 saturated carbocycles. The topological polar surface area (TPSA) is 50.1 Å². The molecule has 2 rings (SSSR count). The van der Waals surface area contributed by atoms with Crippen molar-refractivity contribution in [1.29, 1.82) is 0 Å². The number of hydrogen-bond acceptors (Lipinski definition) is 3. The van der Waals surface area contributed by atoms with Crippen molar-refractivity contribution >= 4 is 0 Å². The SMILES string of the molecule is CCC(C)n1ccc(CC(O)C2CCNCC2)n1. The number of piperidine rings is 1. The quantitative estimate of drug-likeness (QED) is 0.838. The molecule has 2 atom stereocenters. The molecule has 2 unspecified atom stereocenters. The van der Waals surface area contributed by atoms with E-state index in [1.54, 1.807) is 0 Å². The molecule has 1 aliphatic heterocycles. The number of rotatable bonds is 5. The average molecular weight is 251 g/mol. The maximum atomic E-state index is 10.3. The Morgan fingerprint density at radius 3 is 2.89 bits per heavy atom. The molecule has 2 heterocycles. The van der Waals surface area contributed by atoms with Gasteiger partial charge in [-0.05, 0) is 51.3 Å². The number of nitrogens with one attached hydrogen (secondary N) is 1. The predicted octanol–water partition coefficient (Wildman–Crippen LogP) is 1.76. The number of aromatic nitrogens is 2. The molecule has 0 spiro atoms. The van der Waals surface area contributed by atoms with Gasteiger partial charge in [0.05, 0.1) is 11.8 Å². The first-order valence-corrected chi connectivity index (χ1v) is 7.13. The molecule has 1 saturated heterocycles. The van der Waals surface area contributed by atoms with Crippen LogP contribution in [0.5, 0.6) is 0 Å². The van der Waals surface area contributed by atoms with Crippen LogP contribution < -0.4 is 5.32 Å². The van der Waals surface area contributed by atoms with Crippen LogP contribution in [0.3, 0.4) is 0 Å². The van der Waals surface area contributed by atoms with E-state index in [1.165, 1.54) is 0 Å². The van der Waals surface area contributed by atoms with Gasteiger partial charge in [0.15, 0.2) is 0 Å². The van der Waals surface area contributed by atoms with Gasteiger partial charge >= 0.3 is 0 Å². The molecule has 1 aliphatic rings. The molecule has 2 N–H and O–H groups in total. The molecule has 102 valence electrons. The summed E-state index contributed by atoms with van der Waals surface area (Å²) in [6.07, 6.45) is 5.71. The minimum absolute atomic E-state index is 0.243. The average Bonchev–Trinajstić information content (AvgIpc) is 2.87. The zero-order valence-corrected chi connectivity index (χ0v) is 11.5. The Balaban J connectivity index is 1.90. The van der Waals surface area contributed by atoms with E-state index in [0.29, 0.717) is 18.4 Å². The second-order valence-corrected chi connectivity index (χ2v) is 5.40. The molecule has 0 aromatic carbocycles. The first kappa shape index (κ1) is 13.6. The van der Waals surface area contributed by atoms with Gasteiger partial charge in [0.1, 0.15) is 0 Å². The molecular formula is C14H25N3O. The minimum atomic E-state index is -0.243. The van der Waals surface area contributed by atoms with E-state index >= 15 is 0 Å². The van der Waals surface area contributed by atoms with E-state index in [1.807, 2.05) is 16.9 Å². The fourth-order valence-corrected chi connectivity index (χ4v) is 2.53. The zero-order valence-electron chi connectivity index (χ0n) is 11.5. The van der Waals surface area contributed by atoms with Gasteiger partial charge in [-0.15, -0.1) is 0 Å². The highest BCUT2D eigenvalue weighted by atomic mass is 16.3. The normalized spacial score (nSPS) is 20.8. The third kappa shape index (κ3) is 3.33. The van der Waals surface area contributed by atoms with Crippen LogP contribution in [0.1, 0.15) is 44.8 Å². The van der Waals surface area contributed by atoms with Crippen molar-refractivity contribution in [1.82, 2.24) is 15.1 Å². The van der Waals surface area contributed by atoms with Crippen LogP contribution in [0.25, 0.3) is 0 Å². The van der Waals surface area contributed by atoms with E-state index in [9.17, 15) is 5.11 Å². The van der Waals surface area contributed by atoms with Crippen LogP contribution in [0, 0.1) is 5.92 Å². The highest BCUT2D eigenvalue weighted by Crippen LogP contribution is 2.19.